The first kappa shape index (κ1) is 14.6. The maximum absolute atomic E-state index is 13.1. The third-order valence-corrected chi connectivity index (χ3v) is 3.32. The van der Waals surface area contributed by atoms with E-state index in [1.807, 2.05) is 19.1 Å². The van der Waals surface area contributed by atoms with Gasteiger partial charge in [-0.25, -0.2) is 4.39 Å². The smallest absolute Gasteiger partial charge is 0.123 e. The highest BCUT2D eigenvalue weighted by Crippen LogP contribution is 2.27. The van der Waals surface area contributed by atoms with Crippen molar-refractivity contribution >= 4 is 0 Å². The van der Waals surface area contributed by atoms with E-state index in [1.54, 1.807) is 6.07 Å². The molecular weight excluding hydrogens is 251 g/mol. The van der Waals surface area contributed by atoms with E-state index in [-0.39, 0.29) is 11.2 Å². The summed E-state index contributed by atoms with van der Waals surface area (Å²) in [6.45, 7) is 8.99. The summed E-state index contributed by atoms with van der Waals surface area (Å²) in [6, 6.07) is 12.7. The van der Waals surface area contributed by atoms with Crippen molar-refractivity contribution in [1.29, 1.82) is 0 Å². The fourth-order valence-electron chi connectivity index (χ4n) is 2.07. The molecule has 0 aliphatic rings. The molecule has 0 saturated carbocycles. The van der Waals surface area contributed by atoms with Gasteiger partial charge in [0.15, 0.2) is 0 Å². The van der Waals surface area contributed by atoms with Crippen molar-refractivity contribution in [3.8, 4) is 5.75 Å². The molecule has 0 atom stereocenters. The van der Waals surface area contributed by atoms with Gasteiger partial charge in [0.05, 0.1) is 0 Å². The molecule has 0 spiro atoms. The van der Waals surface area contributed by atoms with Crippen LogP contribution >= 0.6 is 0 Å². The molecule has 2 rings (SSSR count). The zero-order valence-electron chi connectivity index (χ0n) is 12.5. The maximum atomic E-state index is 13.1. The van der Waals surface area contributed by atoms with Gasteiger partial charge in [-0.15, -0.1) is 0 Å². The third-order valence-electron chi connectivity index (χ3n) is 3.32. The minimum atomic E-state index is -0.231. The van der Waals surface area contributed by atoms with E-state index >= 15 is 0 Å². The summed E-state index contributed by atoms with van der Waals surface area (Å²) in [5, 5.41) is 0. The Kier molecular flexibility index (Phi) is 4.12. The fraction of sp³-hybridized carbons (Fsp3) is 0.333. The standard InChI is InChI=1S/C18H21FO/c1-13-10-15(18(2,3)4)8-9-17(13)20-12-14-6-5-7-16(19)11-14/h5-11H,12H2,1-4H3. The molecule has 0 N–H and O–H groups in total. The van der Waals surface area contributed by atoms with Crippen LogP contribution in [0, 0.1) is 12.7 Å². The molecule has 0 amide bonds. The first-order chi connectivity index (χ1) is 9.36. The van der Waals surface area contributed by atoms with Crippen LogP contribution < -0.4 is 4.74 Å². The SMILES string of the molecule is Cc1cc(C(C)(C)C)ccc1OCc1cccc(F)c1. The summed E-state index contributed by atoms with van der Waals surface area (Å²) in [5.41, 5.74) is 3.36. The lowest BCUT2D eigenvalue weighted by Gasteiger charge is -2.20. The summed E-state index contributed by atoms with van der Waals surface area (Å²) >= 11 is 0. The summed E-state index contributed by atoms with van der Waals surface area (Å²) in [6.07, 6.45) is 0. The summed E-state index contributed by atoms with van der Waals surface area (Å²) in [7, 11) is 0. The van der Waals surface area contributed by atoms with E-state index in [9.17, 15) is 4.39 Å². The van der Waals surface area contributed by atoms with Gasteiger partial charge in [0, 0.05) is 0 Å². The van der Waals surface area contributed by atoms with E-state index in [2.05, 4.69) is 32.9 Å². The Labute approximate surface area is 120 Å². The van der Waals surface area contributed by atoms with Crippen LogP contribution in [0.15, 0.2) is 42.5 Å². The molecule has 0 unspecified atom stereocenters. The highest BCUT2D eigenvalue weighted by molar-refractivity contribution is 5.38. The van der Waals surface area contributed by atoms with Crippen LogP contribution in [0.4, 0.5) is 4.39 Å². The Bertz CT molecular complexity index is 597. The van der Waals surface area contributed by atoms with Crippen molar-refractivity contribution in [2.45, 2.75) is 39.7 Å². The molecule has 106 valence electrons. The number of hydrogen-bond acceptors (Lipinski definition) is 1. The average Bonchev–Trinajstić information content (AvgIpc) is 2.36. The van der Waals surface area contributed by atoms with Crippen molar-refractivity contribution in [2.24, 2.45) is 0 Å². The molecule has 0 heterocycles. The van der Waals surface area contributed by atoms with E-state index in [1.165, 1.54) is 17.7 Å². The lowest BCUT2D eigenvalue weighted by atomic mass is 9.86. The van der Waals surface area contributed by atoms with Crippen molar-refractivity contribution < 1.29 is 9.13 Å². The number of hydrogen-bond donors (Lipinski definition) is 0. The van der Waals surface area contributed by atoms with Gasteiger partial charge in [-0.1, -0.05) is 45.0 Å². The van der Waals surface area contributed by atoms with Gasteiger partial charge in [-0.3, -0.25) is 0 Å². The second kappa shape index (κ2) is 5.66. The van der Waals surface area contributed by atoms with Gasteiger partial charge in [-0.2, -0.15) is 0 Å². The Morgan fingerprint density at radius 3 is 2.40 bits per heavy atom. The third kappa shape index (κ3) is 3.60. The Hall–Kier alpha value is -1.83. The quantitative estimate of drug-likeness (QED) is 0.763. The van der Waals surface area contributed by atoms with Crippen LogP contribution in [0.1, 0.15) is 37.5 Å². The van der Waals surface area contributed by atoms with E-state index in [0.29, 0.717) is 6.61 Å². The Morgan fingerprint density at radius 1 is 1.05 bits per heavy atom. The molecule has 0 aliphatic carbocycles. The van der Waals surface area contributed by atoms with Crippen LogP contribution in [-0.2, 0) is 12.0 Å². The molecule has 2 heteroatoms. The first-order valence-electron chi connectivity index (χ1n) is 6.84. The highest BCUT2D eigenvalue weighted by atomic mass is 19.1. The number of halogens is 1. The van der Waals surface area contributed by atoms with Crippen molar-refractivity contribution in [1.82, 2.24) is 0 Å². The summed E-state index contributed by atoms with van der Waals surface area (Å²) in [5.74, 6) is 0.619. The molecule has 0 fully saturated rings. The number of benzene rings is 2. The van der Waals surface area contributed by atoms with E-state index < -0.39 is 0 Å². The Morgan fingerprint density at radius 2 is 1.80 bits per heavy atom. The highest BCUT2D eigenvalue weighted by Gasteiger charge is 2.14. The molecule has 1 nitrogen and oxygen atoms in total. The van der Waals surface area contributed by atoms with Crippen LogP contribution in [0.3, 0.4) is 0 Å². The summed E-state index contributed by atoms with van der Waals surface area (Å²) in [4.78, 5) is 0. The van der Waals surface area contributed by atoms with Crippen LogP contribution in [0.25, 0.3) is 0 Å². The zero-order valence-corrected chi connectivity index (χ0v) is 12.5. The second-order valence-electron chi connectivity index (χ2n) is 6.15. The lowest BCUT2D eigenvalue weighted by Crippen LogP contribution is -2.11. The molecule has 0 bridgehead atoms. The van der Waals surface area contributed by atoms with E-state index in [0.717, 1.165) is 16.9 Å². The number of rotatable bonds is 3. The Balaban J connectivity index is 2.11. The molecule has 2 aromatic rings. The normalized spacial score (nSPS) is 11.4. The van der Waals surface area contributed by atoms with Crippen molar-refractivity contribution in [3.63, 3.8) is 0 Å². The molecule has 0 aliphatic heterocycles. The topological polar surface area (TPSA) is 9.23 Å². The largest absolute Gasteiger partial charge is 0.489 e. The average molecular weight is 272 g/mol. The number of ether oxygens (including phenoxy) is 1. The van der Waals surface area contributed by atoms with Crippen LogP contribution in [0.2, 0.25) is 0 Å². The van der Waals surface area contributed by atoms with Crippen LogP contribution in [-0.4, -0.2) is 0 Å². The molecule has 0 radical (unpaired) electrons. The zero-order chi connectivity index (χ0) is 14.8. The van der Waals surface area contributed by atoms with Gasteiger partial charge in [0.1, 0.15) is 18.2 Å². The minimum Gasteiger partial charge on any atom is -0.489 e. The predicted molar refractivity (Wildman–Crippen MR) is 80.6 cm³/mol. The second-order valence-corrected chi connectivity index (χ2v) is 6.15. The lowest BCUT2D eigenvalue weighted by molar-refractivity contribution is 0.303. The van der Waals surface area contributed by atoms with Gasteiger partial charge < -0.3 is 4.74 Å². The van der Waals surface area contributed by atoms with Crippen LogP contribution in [0.5, 0.6) is 5.75 Å². The fourth-order valence-corrected chi connectivity index (χ4v) is 2.07. The minimum absolute atomic E-state index is 0.131. The number of aryl methyl sites for hydroxylation is 1. The van der Waals surface area contributed by atoms with Gasteiger partial charge in [-0.05, 0) is 47.2 Å². The first-order valence-corrected chi connectivity index (χ1v) is 6.84. The molecule has 0 aromatic heterocycles. The molecule has 0 saturated heterocycles. The van der Waals surface area contributed by atoms with Gasteiger partial charge in [0.25, 0.3) is 0 Å². The van der Waals surface area contributed by atoms with Gasteiger partial charge in [0.2, 0.25) is 0 Å². The maximum Gasteiger partial charge on any atom is 0.123 e. The van der Waals surface area contributed by atoms with Gasteiger partial charge >= 0.3 is 0 Å². The molecular formula is C18H21FO. The molecule has 20 heavy (non-hydrogen) atoms. The van der Waals surface area contributed by atoms with Crippen molar-refractivity contribution in [2.75, 3.05) is 0 Å². The molecule has 2 aromatic carbocycles. The monoisotopic (exact) mass is 272 g/mol. The summed E-state index contributed by atoms with van der Waals surface area (Å²) < 4.78 is 18.9. The van der Waals surface area contributed by atoms with E-state index in [4.69, 9.17) is 4.74 Å². The predicted octanol–water partition coefficient (Wildman–Crippen LogP) is 5.01. The van der Waals surface area contributed by atoms with Crippen molar-refractivity contribution in [3.05, 3.63) is 65.0 Å².